The Balaban J connectivity index is 2.62. The van der Waals surface area contributed by atoms with Crippen LogP contribution in [0.3, 0.4) is 0 Å². The lowest BCUT2D eigenvalue weighted by atomic mass is 9.94. The molecule has 1 amide bonds. The summed E-state index contributed by atoms with van der Waals surface area (Å²) in [6.45, 7) is 5.87. The van der Waals surface area contributed by atoms with Crippen LogP contribution in [0.4, 0.5) is 0 Å². The Kier molecular flexibility index (Phi) is 5.99. The predicted molar refractivity (Wildman–Crippen MR) is 78.6 cm³/mol. The van der Waals surface area contributed by atoms with Crippen molar-refractivity contribution >= 4 is 11.9 Å². The van der Waals surface area contributed by atoms with E-state index in [0.717, 1.165) is 12.8 Å². The molecule has 5 nitrogen and oxygen atoms in total. The van der Waals surface area contributed by atoms with E-state index in [1.165, 1.54) is 19.3 Å². The Labute approximate surface area is 121 Å². The molecule has 0 aromatic heterocycles. The first kappa shape index (κ1) is 17.0. The van der Waals surface area contributed by atoms with E-state index in [1.54, 1.807) is 4.90 Å². The zero-order valence-electron chi connectivity index (χ0n) is 13.2. The Morgan fingerprint density at radius 1 is 1.10 bits per heavy atom. The van der Waals surface area contributed by atoms with E-state index in [2.05, 4.69) is 0 Å². The Morgan fingerprint density at radius 2 is 1.65 bits per heavy atom. The van der Waals surface area contributed by atoms with Crippen molar-refractivity contribution in [1.29, 1.82) is 0 Å². The molecule has 0 bridgehead atoms. The highest BCUT2D eigenvalue weighted by Gasteiger charge is 2.29. The second kappa shape index (κ2) is 7.07. The number of nitrogens with zero attached hydrogens (tertiary/aromatic N) is 2. The van der Waals surface area contributed by atoms with Crippen LogP contribution in [0.1, 0.15) is 52.9 Å². The van der Waals surface area contributed by atoms with E-state index in [9.17, 15) is 9.59 Å². The van der Waals surface area contributed by atoms with Gasteiger partial charge in [-0.2, -0.15) is 0 Å². The van der Waals surface area contributed by atoms with Crippen molar-refractivity contribution in [2.24, 2.45) is 0 Å². The van der Waals surface area contributed by atoms with Gasteiger partial charge in [-0.25, -0.2) is 0 Å². The van der Waals surface area contributed by atoms with Crippen molar-refractivity contribution in [1.82, 2.24) is 9.80 Å². The van der Waals surface area contributed by atoms with Crippen LogP contribution in [-0.4, -0.2) is 58.5 Å². The molecule has 20 heavy (non-hydrogen) atoms. The van der Waals surface area contributed by atoms with Crippen LogP contribution in [0.2, 0.25) is 0 Å². The fourth-order valence-corrected chi connectivity index (χ4v) is 2.64. The highest BCUT2D eigenvalue weighted by Crippen LogP contribution is 2.22. The molecule has 0 unspecified atom stereocenters. The van der Waals surface area contributed by atoms with Gasteiger partial charge in [0.25, 0.3) is 0 Å². The van der Waals surface area contributed by atoms with E-state index in [1.807, 2.05) is 32.7 Å². The summed E-state index contributed by atoms with van der Waals surface area (Å²) >= 11 is 0. The Hall–Kier alpha value is -1.10. The molecule has 116 valence electrons. The van der Waals surface area contributed by atoms with Gasteiger partial charge in [0.15, 0.2) is 0 Å². The van der Waals surface area contributed by atoms with E-state index in [4.69, 9.17) is 5.11 Å². The van der Waals surface area contributed by atoms with Gasteiger partial charge in [0.05, 0.1) is 13.1 Å². The number of aliphatic carboxylic acids is 1. The van der Waals surface area contributed by atoms with Gasteiger partial charge in [0.1, 0.15) is 0 Å². The Bertz CT molecular complexity index is 344. The van der Waals surface area contributed by atoms with Gasteiger partial charge in [-0.1, -0.05) is 19.3 Å². The molecule has 1 saturated carbocycles. The third kappa shape index (κ3) is 5.12. The zero-order chi connectivity index (χ0) is 15.3. The maximum absolute atomic E-state index is 12.4. The fraction of sp³-hybridized carbons (Fsp3) is 0.867. The quantitative estimate of drug-likeness (QED) is 0.838. The van der Waals surface area contributed by atoms with Crippen molar-refractivity contribution in [2.75, 3.05) is 20.1 Å². The molecule has 0 atom stereocenters. The number of rotatable bonds is 5. The average Bonchev–Trinajstić information content (AvgIpc) is 2.36. The van der Waals surface area contributed by atoms with E-state index in [0.29, 0.717) is 6.04 Å². The summed E-state index contributed by atoms with van der Waals surface area (Å²) < 4.78 is 0. The number of likely N-dealkylation sites (N-methyl/N-ethyl adjacent to an activating group) is 1. The molecule has 1 aliphatic carbocycles. The molecule has 0 aromatic rings. The predicted octanol–water partition coefficient (Wildman–Crippen LogP) is 1.96. The van der Waals surface area contributed by atoms with Gasteiger partial charge in [-0.3, -0.25) is 14.5 Å². The average molecular weight is 284 g/mol. The number of hydrogen-bond acceptors (Lipinski definition) is 3. The maximum Gasteiger partial charge on any atom is 0.317 e. The van der Waals surface area contributed by atoms with Gasteiger partial charge in [-0.05, 0) is 33.6 Å². The van der Waals surface area contributed by atoms with Crippen LogP contribution in [0.25, 0.3) is 0 Å². The first-order valence-corrected chi connectivity index (χ1v) is 7.44. The van der Waals surface area contributed by atoms with Crippen LogP contribution >= 0.6 is 0 Å². The van der Waals surface area contributed by atoms with Crippen LogP contribution in [0.15, 0.2) is 0 Å². The van der Waals surface area contributed by atoms with Crippen LogP contribution in [0.5, 0.6) is 0 Å². The van der Waals surface area contributed by atoms with Crippen LogP contribution in [0, 0.1) is 0 Å². The van der Waals surface area contributed by atoms with E-state index >= 15 is 0 Å². The smallest absolute Gasteiger partial charge is 0.317 e. The van der Waals surface area contributed by atoms with Gasteiger partial charge < -0.3 is 10.0 Å². The topological polar surface area (TPSA) is 60.9 Å². The molecule has 1 aliphatic rings. The summed E-state index contributed by atoms with van der Waals surface area (Å²) in [6.07, 6.45) is 5.75. The van der Waals surface area contributed by atoms with Crippen molar-refractivity contribution < 1.29 is 14.7 Å². The molecule has 0 aromatic carbocycles. The normalized spacial score (nSPS) is 17.2. The highest BCUT2D eigenvalue weighted by atomic mass is 16.4. The molecular weight excluding hydrogens is 256 g/mol. The van der Waals surface area contributed by atoms with Crippen LogP contribution in [-0.2, 0) is 9.59 Å². The zero-order valence-corrected chi connectivity index (χ0v) is 13.2. The van der Waals surface area contributed by atoms with Crippen molar-refractivity contribution in [3.8, 4) is 0 Å². The largest absolute Gasteiger partial charge is 0.480 e. The van der Waals surface area contributed by atoms with Crippen molar-refractivity contribution in [3.05, 3.63) is 0 Å². The molecule has 5 heteroatoms. The molecule has 0 heterocycles. The summed E-state index contributed by atoms with van der Waals surface area (Å²) in [6, 6.07) is 0.322. The molecule has 1 rings (SSSR count). The number of carboxylic acids is 1. The number of amides is 1. The standard InChI is InChI=1S/C15H28N2O3/c1-15(2,3)17(11-14(19)20)10-13(18)16(4)12-8-6-5-7-9-12/h12H,5-11H2,1-4H3,(H,19,20). The second-order valence-corrected chi connectivity index (χ2v) is 6.72. The first-order chi connectivity index (χ1) is 9.21. The highest BCUT2D eigenvalue weighted by molar-refractivity contribution is 5.79. The first-order valence-electron chi connectivity index (χ1n) is 7.44. The summed E-state index contributed by atoms with van der Waals surface area (Å²) in [4.78, 5) is 26.9. The van der Waals surface area contributed by atoms with Gasteiger partial charge in [0.2, 0.25) is 5.91 Å². The summed E-state index contributed by atoms with van der Waals surface area (Å²) in [5.41, 5.74) is -0.332. The van der Waals surface area contributed by atoms with Gasteiger partial charge in [0, 0.05) is 18.6 Å². The number of carbonyl (C=O) groups excluding carboxylic acids is 1. The van der Waals surface area contributed by atoms with Gasteiger partial charge in [-0.15, -0.1) is 0 Å². The lowest BCUT2D eigenvalue weighted by Gasteiger charge is -2.37. The lowest BCUT2D eigenvalue weighted by molar-refractivity contribution is -0.142. The Morgan fingerprint density at radius 3 is 2.10 bits per heavy atom. The third-order valence-electron chi connectivity index (χ3n) is 4.12. The fourth-order valence-electron chi connectivity index (χ4n) is 2.64. The molecular formula is C15H28N2O3. The molecule has 1 fully saturated rings. The summed E-state index contributed by atoms with van der Waals surface area (Å²) in [5.74, 6) is -0.874. The van der Waals surface area contributed by atoms with E-state index in [-0.39, 0.29) is 24.5 Å². The second-order valence-electron chi connectivity index (χ2n) is 6.72. The van der Waals surface area contributed by atoms with Crippen molar-refractivity contribution in [2.45, 2.75) is 64.5 Å². The van der Waals surface area contributed by atoms with Gasteiger partial charge >= 0.3 is 5.97 Å². The molecule has 0 aliphatic heterocycles. The number of hydrogen-bond donors (Lipinski definition) is 1. The SMILES string of the molecule is CN(C(=O)CN(CC(=O)O)C(C)(C)C)C1CCCCC1. The minimum Gasteiger partial charge on any atom is -0.480 e. The summed E-state index contributed by atoms with van der Waals surface area (Å²) in [7, 11) is 1.85. The minimum absolute atomic E-state index is 0.0214. The monoisotopic (exact) mass is 284 g/mol. The minimum atomic E-state index is -0.895. The number of carboxylic acid groups (broad SMARTS) is 1. The summed E-state index contributed by atoms with van der Waals surface area (Å²) in [5, 5.41) is 8.98. The maximum atomic E-state index is 12.4. The molecule has 1 N–H and O–H groups in total. The molecule has 0 spiro atoms. The molecule has 0 saturated heterocycles. The van der Waals surface area contributed by atoms with Crippen molar-refractivity contribution in [3.63, 3.8) is 0 Å². The van der Waals surface area contributed by atoms with E-state index < -0.39 is 5.97 Å². The lowest BCUT2D eigenvalue weighted by Crippen LogP contribution is -2.51. The third-order valence-corrected chi connectivity index (χ3v) is 4.12. The van der Waals surface area contributed by atoms with Crippen LogP contribution < -0.4 is 0 Å². The number of carbonyl (C=O) groups is 2. The molecule has 0 radical (unpaired) electrons.